The van der Waals surface area contributed by atoms with Crippen LogP contribution in [-0.4, -0.2) is 16.3 Å². The van der Waals surface area contributed by atoms with Gasteiger partial charge in [-0.15, -0.1) is 0 Å². The van der Waals surface area contributed by atoms with Crippen molar-refractivity contribution in [3.8, 4) is 0 Å². The Bertz CT molecular complexity index is 432. The molecular formula is C13H20N2O. The van der Waals surface area contributed by atoms with E-state index < -0.39 is 0 Å². The molecule has 0 aromatic carbocycles. The molecule has 2 aromatic heterocycles. The lowest BCUT2D eigenvalue weighted by atomic mass is 10.2. The maximum Gasteiger partial charge on any atom is 0.151 e. The number of carbonyl (C=O) groups excluding carboxylic acids is 1. The second-order valence-electron chi connectivity index (χ2n) is 2.75. The molecule has 0 saturated carbocycles. The van der Waals surface area contributed by atoms with Crippen molar-refractivity contribution in [2.24, 2.45) is 0 Å². The van der Waals surface area contributed by atoms with Crippen LogP contribution >= 0.6 is 0 Å². The van der Waals surface area contributed by atoms with Crippen LogP contribution in [0.1, 0.15) is 43.6 Å². The first kappa shape index (κ1) is 14.4. The molecule has 2 heterocycles. The lowest BCUT2D eigenvalue weighted by molar-refractivity contribution is 0.112. The maximum absolute atomic E-state index is 10.4. The summed E-state index contributed by atoms with van der Waals surface area (Å²) >= 11 is 0. The smallest absolute Gasteiger partial charge is 0.151 e. The average Bonchev–Trinajstić information content (AvgIpc) is 2.75. The van der Waals surface area contributed by atoms with Gasteiger partial charge in [-0.1, -0.05) is 27.7 Å². The minimum atomic E-state index is 0.616. The zero-order valence-corrected chi connectivity index (χ0v) is 10.7. The fourth-order valence-corrected chi connectivity index (χ4v) is 1.22. The maximum atomic E-state index is 10.4. The first-order chi connectivity index (χ1) is 7.81. The Morgan fingerprint density at radius 2 is 1.88 bits per heavy atom. The zero-order chi connectivity index (χ0) is 12.6. The molecule has 88 valence electrons. The topological polar surface area (TPSA) is 45.8 Å². The third-order valence-electron chi connectivity index (χ3n) is 1.90. The van der Waals surface area contributed by atoms with Gasteiger partial charge in [-0.2, -0.15) is 0 Å². The summed E-state index contributed by atoms with van der Waals surface area (Å²) in [7, 11) is 0. The Morgan fingerprint density at radius 1 is 1.25 bits per heavy atom. The van der Waals surface area contributed by atoms with Crippen molar-refractivity contribution in [1.82, 2.24) is 9.97 Å². The molecule has 0 spiro atoms. The monoisotopic (exact) mass is 220 g/mol. The summed E-state index contributed by atoms with van der Waals surface area (Å²) in [6.45, 7) is 9.98. The molecule has 2 rings (SSSR count). The van der Waals surface area contributed by atoms with Gasteiger partial charge >= 0.3 is 0 Å². The number of hydrogen-bond donors (Lipinski definition) is 1. The number of hydrogen-bond acceptors (Lipinski definition) is 2. The summed E-state index contributed by atoms with van der Waals surface area (Å²) in [6.07, 6.45) is 4.25. The molecule has 1 N–H and O–H groups in total. The Morgan fingerprint density at radius 3 is 2.44 bits per heavy atom. The summed E-state index contributed by atoms with van der Waals surface area (Å²) in [5.41, 5.74) is 2.56. The number of aromatic amines is 1. The normalized spacial score (nSPS) is 8.56. The molecule has 3 heteroatoms. The molecular weight excluding hydrogens is 200 g/mol. The van der Waals surface area contributed by atoms with Crippen molar-refractivity contribution in [2.45, 2.75) is 34.6 Å². The fraction of sp³-hybridized carbons (Fsp3) is 0.385. The van der Waals surface area contributed by atoms with E-state index >= 15 is 0 Å². The molecule has 16 heavy (non-hydrogen) atoms. The van der Waals surface area contributed by atoms with E-state index in [2.05, 4.69) is 9.97 Å². The lowest BCUT2D eigenvalue weighted by Crippen LogP contribution is -1.82. The Labute approximate surface area is 96.9 Å². The van der Waals surface area contributed by atoms with Crippen molar-refractivity contribution in [3.63, 3.8) is 0 Å². The van der Waals surface area contributed by atoms with E-state index in [0.29, 0.717) is 5.56 Å². The molecule has 0 amide bonds. The molecule has 0 radical (unpaired) electrons. The van der Waals surface area contributed by atoms with Crippen LogP contribution in [0, 0.1) is 6.92 Å². The summed E-state index contributed by atoms with van der Waals surface area (Å²) in [4.78, 5) is 17.5. The number of H-pyrrole nitrogens is 1. The van der Waals surface area contributed by atoms with Crippen LogP contribution in [0.3, 0.4) is 0 Å². The van der Waals surface area contributed by atoms with Gasteiger partial charge in [0.15, 0.2) is 6.29 Å². The molecule has 2 aromatic rings. The Balaban J connectivity index is 0.000000509. The van der Waals surface area contributed by atoms with Crippen molar-refractivity contribution < 1.29 is 4.79 Å². The van der Waals surface area contributed by atoms with Crippen molar-refractivity contribution in [1.29, 1.82) is 0 Å². The van der Waals surface area contributed by atoms with Gasteiger partial charge in [-0.05, 0) is 18.6 Å². The van der Waals surface area contributed by atoms with E-state index in [9.17, 15) is 4.79 Å². The number of rotatable bonds is 1. The highest BCUT2D eigenvalue weighted by molar-refractivity contribution is 5.86. The molecule has 0 unspecified atom stereocenters. The van der Waals surface area contributed by atoms with Crippen LogP contribution in [0.4, 0.5) is 0 Å². The van der Waals surface area contributed by atoms with E-state index in [1.54, 1.807) is 6.20 Å². The number of aromatic nitrogens is 2. The fourth-order valence-electron chi connectivity index (χ4n) is 1.22. The number of aldehydes is 1. The average molecular weight is 220 g/mol. The van der Waals surface area contributed by atoms with Crippen LogP contribution < -0.4 is 0 Å². The van der Waals surface area contributed by atoms with Crippen LogP contribution in [0.15, 0.2) is 18.5 Å². The van der Waals surface area contributed by atoms with Gasteiger partial charge in [-0.25, -0.2) is 4.98 Å². The van der Waals surface area contributed by atoms with Gasteiger partial charge in [0.1, 0.15) is 5.65 Å². The molecule has 0 aliphatic carbocycles. The molecule has 0 aliphatic rings. The number of pyridine rings is 1. The van der Waals surface area contributed by atoms with Gasteiger partial charge in [0.2, 0.25) is 0 Å². The number of fused-ring (bicyclic) bond motifs is 1. The summed E-state index contributed by atoms with van der Waals surface area (Å²) < 4.78 is 0. The molecule has 0 aliphatic heterocycles. The highest BCUT2D eigenvalue weighted by Crippen LogP contribution is 2.15. The molecule has 0 fully saturated rings. The summed E-state index contributed by atoms with van der Waals surface area (Å²) in [5.74, 6) is 0. The second kappa shape index (κ2) is 7.63. The Kier molecular flexibility index (Phi) is 6.84. The second-order valence-corrected chi connectivity index (χ2v) is 2.75. The summed E-state index contributed by atoms with van der Waals surface area (Å²) in [5, 5.41) is 1.01. The van der Waals surface area contributed by atoms with E-state index in [4.69, 9.17) is 0 Å². The van der Waals surface area contributed by atoms with E-state index in [-0.39, 0.29) is 0 Å². The number of carbonyl (C=O) groups is 1. The van der Waals surface area contributed by atoms with Crippen molar-refractivity contribution in [2.75, 3.05) is 0 Å². The highest BCUT2D eigenvalue weighted by atomic mass is 16.1. The number of aryl methyl sites for hydroxylation is 1. The van der Waals surface area contributed by atoms with Crippen LogP contribution in [0.25, 0.3) is 11.0 Å². The van der Waals surface area contributed by atoms with Gasteiger partial charge in [0.05, 0.1) is 0 Å². The minimum Gasteiger partial charge on any atom is -0.346 e. The highest BCUT2D eigenvalue weighted by Gasteiger charge is 2.00. The number of nitrogens with zero attached hydrogens (tertiary/aromatic N) is 1. The standard InChI is InChI=1S/C9H8N2O.2C2H6/c1-6-3-10-9-8(6)2-7(5-12)4-11-9;2*1-2/h2-5H,1H3,(H,10,11);2*1-2H3. The molecule has 0 atom stereocenters. The largest absolute Gasteiger partial charge is 0.346 e. The van der Waals surface area contributed by atoms with Crippen molar-refractivity contribution in [3.05, 3.63) is 29.6 Å². The molecule has 3 nitrogen and oxygen atoms in total. The first-order valence-electron chi connectivity index (χ1n) is 5.70. The van der Waals surface area contributed by atoms with Gasteiger partial charge in [0, 0.05) is 23.3 Å². The van der Waals surface area contributed by atoms with Gasteiger partial charge in [-0.3, -0.25) is 4.79 Å². The Hall–Kier alpha value is -1.64. The van der Waals surface area contributed by atoms with Crippen LogP contribution in [0.5, 0.6) is 0 Å². The number of nitrogens with one attached hydrogen (secondary N) is 1. The van der Waals surface area contributed by atoms with E-state index in [1.807, 2.05) is 46.9 Å². The molecule has 0 saturated heterocycles. The quantitative estimate of drug-likeness (QED) is 0.744. The van der Waals surface area contributed by atoms with Gasteiger partial charge < -0.3 is 4.98 Å². The SMILES string of the molecule is CC.CC.Cc1c[nH]c2ncc(C=O)cc12. The van der Waals surface area contributed by atoms with Crippen LogP contribution in [0.2, 0.25) is 0 Å². The summed E-state index contributed by atoms with van der Waals surface area (Å²) in [6, 6.07) is 1.83. The predicted octanol–water partition coefficient (Wildman–Crippen LogP) is 3.74. The third kappa shape index (κ3) is 3.19. The molecule has 0 bridgehead atoms. The van der Waals surface area contributed by atoms with Crippen LogP contribution in [-0.2, 0) is 0 Å². The zero-order valence-electron chi connectivity index (χ0n) is 10.7. The third-order valence-corrected chi connectivity index (χ3v) is 1.90. The lowest BCUT2D eigenvalue weighted by Gasteiger charge is -1.91. The van der Waals surface area contributed by atoms with E-state index in [0.717, 1.165) is 22.9 Å². The van der Waals surface area contributed by atoms with Crippen molar-refractivity contribution >= 4 is 17.3 Å². The minimum absolute atomic E-state index is 0.616. The predicted molar refractivity (Wildman–Crippen MR) is 68.9 cm³/mol. The van der Waals surface area contributed by atoms with E-state index in [1.165, 1.54) is 0 Å². The van der Waals surface area contributed by atoms with Gasteiger partial charge in [0.25, 0.3) is 0 Å². The first-order valence-corrected chi connectivity index (χ1v) is 5.70.